The predicted octanol–water partition coefficient (Wildman–Crippen LogP) is 4.63. The number of carbonyl (C=O) groups excluding carboxylic acids is 1. The molecule has 0 bridgehead atoms. The predicted molar refractivity (Wildman–Crippen MR) is 156 cm³/mol. The van der Waals surface area contributed by atoms with Crippen LogP contribution in [-0.2, 0) is 17.7 Å². The van der Waals surface area contributed by atoms with E-state index in [0.717, 1.165) is 19.4 Å². The van der Waals surface area contributed by atoms with Crippen molar-refractivity contribution in [1.82, 2.24) is 14.9 Å². The minimum absolute atomic E-state index is 0.0231. The zero-order chi connectivity index (χ0) is 29.6. The van der Waals surface area contributed by atoms with Gasteiger partial charge in [0, 0.05) is 51.7 Å². The second-order valence-corrected chi connectivity index (χ2v) is 11.6. The summed E-state index contributed by atoms with van der Waals surface area (Å²) in [7, 11) is 3.49. The topological polar surface area (TPSA) is 91.3 Å². The maximum atomic E-state index is 14.9. The van der Waals surface area contributed by atoms with Gasteiger partial charge in [-0.2, -0.15) is 9.97 Å². The van der Waals surface area contributed by atoms with E-state index in [9.17, 15) is 18.7 Å². The molecule has 2 aromatic carbocycles. The van der Waals surface area contributed by atoms with Crippen molar-refractivity contribution < 1.29 is 28.2 Å². The van der Waals surface area contributed by atoms with Crippen molar-refractivity contribution in [1.29, 1.82) is 0 Å². The number of fused-ring (bicyclic) bond motifs is 3. The van der Waals surface area contributed by atoms with Gasteiger partial charge in [-0.1, -0.05) is 13.0 Å². The second kappa shape index (κ2) is 11.3. The van der Waals surface area contributed by atoms with Gasteiger partial charge in [0.25, 0.3) is 5.91 Å². The van der Waals surface area contributed by atoms with Gasteiger partial charge >= 0.3 is 6.01 Å². The number of amides is 1. The number of carbonyl (C=O) groups is 1. The molecule has 1 N–H and O–H groups in total. The Morgan fingerprint density at radius 2 is 2.10 bits per heavy atom. The second-order valence-electron chi connectivity index (χ2n) is 11.6. The fraction of sp³-hybridized carbons (Fsp3) is 0.516. The van der Waals surface area contributed by atoms with E-state index < -0.39 is 6.17 Å². The summed E-state index contributed by atoms with van der Waals surface area (Å²) in [6.45, 7) is 4.63. The third-order valence-corrected chi connectivity index (χ3v) is 8.92. The Balaban J connectivity index is 1.38. The Hall–Kier alpha value is -3.57. The first-order valence-corrected chi connectivity index (χ1v) is 14.6. The number of alkyl halides is 1. The number of aryl methyl sites for hydroxylation is 1. The van der Waals surface area contributed by atoms with Crippen molar-refractivity contribution in [2.45, 2.75) is 57.3 Å². The van der Waals surface area contributed by atoms with Gasteiger partial charge in [0.2, 0.25) is 0 Å². The number of benzene rings is 2. The SMILES string of the molecule is CCc1c(F)ccc2cc(O)cc(N3Cc4nc(OCC56CCCN5C[C@H](F)C6)nc(N(C)CCCOC)c4C3=O)c12. The average Bonchev–Trinajstić information content (AvgIpc) is 3.60. The van der Waals surface area contributed by atoms with Gasteiger partial charge in [0.1, 0.15) is 35.7 Å². The number of hydrogen-bond acceptors (Lipinski definition) is 8. The van der Waals surface area contributed by atoms with E-state index in [1.165, 1.54) is 17.0 Å². The number of aromatic hydroxyl groups is 1. The highest BCUT2D eigenvalue weighted by Gasteiger charge is 2.49. The van der Waals surface area contributed by atoms with Crippen LogP contribution in [0.3, 0.4) is 0 Å². The Bertz CT molecular complexity index is 1520. The van der Waals surface area contributed by atoms with Crippen molar-refractivity contribution in [2.75, 3.05) is 56.8 Å². The fourth-order valence-corrected chi connectivity index (χ4v) is 6.93. The lowest BCUT2D eigenvalue weighted by molar-refractivity contribution is 0.0996. The van der Waals surface area contributed by atoms with Crippen molar-refractivity contribution in [3.8, 4) is 11.8 Å². The molecule has 2 fully saturated rings. The van der Waals surface area contributed by atoms with Gasteiger partial charge < -0.3 is 24.4 Å². The quantitative estimate of drug-likeness (QED) is 0.347. The number of rotatable bonds is 10. The van der Waals surface area contributed by atoms with Crippen LogP contribution in [0.15, 0.2) is 24.3 Å². The summed E-state index contributed by atoms with van der Waals surface area (Å²) in [5, 5.41) is 11.8. The number of nitrogens with zero attached hydrogens (tertiary/aromatic N) is 5. The Labute approximate surface area is 244 Å². The van der Waals surface area contributed by atoms with Crippen molar-refractivity contribution in [3.63, 3.8) is 0 Å². The van der Waals surface area contributed by atoms with Crippen molar-refractivity contribution in [2.24, 2.45) is 0 Å². The van der Waals surface area contributed by atoms with E-state index in [1.54, 1.807) is 19.2 Å². The highest BCUT2D eigenvalue weighted by molar-refractivity contribution is 6.16. The number of phenols is 1. The molecule has 4 heterocycles. The number of ether oxygens (including phenoxy) is 2. The minimum Gasteiger partial charge on any atom is -0.508 e. The molecule has 3 aromatic rings. The zero-order valence-electron chi connectivity index (χ0n) is 24.3. The van der Waals surface area contributed by atoms with E-state index in [-0.39, 0.29) is 42.2 Å². The minimum atomic E-state index is -0.876. The number of aromatic nitrogens is 2. The molecule has 42 heavy (non-hydrogen) atoms. The number of halogens is 2. The van der Waals surface area contributed by atoms with Crippen LogP contribution in [0, 0.1) is 5.82 Å². The largest absolute Gasteiger partial charge is 0.508 e. The molecule has 2 atom stereocenters. The van der Waals surface area contributed by atoms with E-state index in [0.29, 0.717) is 78.1 Å². The molecule has 0 aliphatic carbocycles. The lowest BCUT2D eigenvalue weighted by Gasteiger charge is -2.31. The summed E-state index contributed by atoms with van der Waals surface area (Å²) in [6.07, 6.45) is 2.53. The highest BCUT2D eigenvalue weighted by Crippen LogP contribution is 2.42. The molecule has 1 amide bonds. The number of anilines is 2. The smallest absolute Gasteiger partial charge is 0.318 e. The van der Waals surface area contributed by atoms with Gasteiger partial charge in [-0.25, -0.2) is 8.78 Å². The molecule has 3 aliphatic heterocycles. The summed E-state index contributed by atoms with van der Waals surface area (Å²) in [5.74, 6) is -0.288. The van der Waals surface area contributed by atoms with E-state index in [2.05, 4.69) is 9.88 Å². The third-order valence-electron chi connectivity index (χ3n) is 8.92. The first kappa shape index (κ1) is 28.5. The molecular formula is C31H37F2N5O4. The van der Waals surface area contributed by atoms with Crippen molar-refractivity contribution in [3.05, 3.63) is 46.9 Å². The number of methoxy groups -OCH3 is 1. The van der Waals surface area contributed by atoms with E-state index in [4.69, 9.17) is 14.5 Å². The molecule has 11 heteroatoms. The molecule has 0 saturated carbocycles. The van der Waals surface area contributed by atoms with Gasteiger partial charge in [-0.3, -0.25) is 9.69 Å². The number of hydrogen-bond donors (Lipinski definition) is 1. The Kier molecular flexibility index (Phi) is 7.65. The first-order chi connectivity index (χ1) is 20.2. The van der Waals surface area contributed by atoms with Crippen LogP contribution in [0.2, 0.25) is 0 Å². The molecule has 1 unspecified atom stereocenters. The Morgan fingerprint density at radius 1 is 1.26 bits per heavy atom. The van der Waals surface area contributed by atoms with Gasteiger partial charge in [-0.05, 0) is 55.3 Å². The van der Waals surface area contributed by atoms with Gasteiger partial charge in [0.15, 0.2) is 0 Å². The summed E-state index contributed by atoms with van der Waals surface area (Å²) in [5.41, 5.74) is 1.36. The van der Waals surface area contributed by atoms with Crippen molar-refractivity contribution >= 4 is 28.2 Å². The molecule has 2 saturated heterocycles. The molecular weight excluding hydrogens is 544 g/mol. The molecule has 0 radical (unpaired) electrons. The van der Waals surface area contributed by atoms with Gasteiger partial charge in [-0.15, -0.1) is 0 Å². The lowest BCUT2D eigenvalue weighted by atomic mass is 9.95. The average molecular weight is 582 g/mol. The summed E-state index contributed by atoms with van der Waals surface area (Å²) < 4.78 is 40.7. The highest BCUT2D eigenvalue weighted by atomic mass is 19.1. The van der Waals surface area contributed by atoms with Crippen LogP contribution in [0.5, 0.6) is 11.8 Å². The maximum Gasteiger partial charge on any atom is 0.318 e. The molecule has 6 rings (SSSR count). The van der Waals surface area contributed by atoms with Gasteiger partial charge in [0.05, 0.1) is 23.5 Å². The molecule has 1 aromatic heterocycles. The van der Waals surface area contributed by atoms with Crippen LogP contribution in [-0.4, -0.2) is 84.6 Å². The maximum absolute atomic E-state index is 14.9. The fourth-order valence-electron chi connectivity index (χ4n) is 6.93. The molecule has 9 nitrogen and oxygen atoms in total. The van der Waals surface area contributed by atoms with Crippen LogP contribution in [0.25, 0.3) is 10.8 Å². The summed E-state index contributed by atoms with van der Waals surface area (Å²) in [6, 6.07) is 6.20. The molecule has 3 aliphatic rings. The monoisotopic (exact) mass is 581 g/mol. The Morgan fingerprint density at radius 3 is 2.88 bits per heavy atom. The molecule has 224 valence electrons. The summed E-state index contributed by atoms with van der Waals surface area (Å²) >= 11 is 0. The first-order valence-electron chi connectivity index (χ1n) is 14.6. The third kappa shape index (κ3) is 4.92. The van der Waals surface area contributed by atoms with Crippen LogP contribution < -0.4 is 14.5 Å². The van der Waals surface area contributed by atoms with Crippen LogP contribution in [0.4, 0.5) is 20.3 Å². The molecule has 0 spiro atoms. The van der Waals surface area contributed by atoms with Crippen LogP contribution in [0.1, 0.15) is 54.2 Å². The van der Waals surface area contributed by atoms with E-state index in [1.807, 2.05) is 18.9 Å². The normalized spacial score (nSPS) is 21.8. The van der Waals surface area contributed by atoms with E-state index >= 15 is 0 Å². The summed E-state index contributed by atoms with van der Waals surface area (Å²) in [4.78, 5) is 29.1. The van der Waals surface area contributed by atoms with Crippen LogP contribution >= 0.6 is 0 Å². The lowest BCUT2D eigenvalue weighted by Crippen LogP contribution is -2.43. The zero-order valence-corrected chi connectivity index (χ0v) is 24.3. The standard InChI is InChI=1S/C31H37F2N5O4/c1-4-22-23(33)8-7-19-13-21(39)14-25(26(19)22)38-17-24-27(29(38)40)28(36(2)10-6-12-41-3)35-30(34-24)42-18-31-9-5-11-37(31)16-20(32)15-31/h7-8,13-14,20,39H,4-6,9-12,15-18H2,1-3H3/t20-,31?/m1/s1. The number of phenolic OH excluding ortho intramolecular Hbond substituents is 1.